The molecule has 0 aromatic carbocycles. The summed E-state index contributed by atoms with van der Waals surface area (Å²) in [5, 5.41) is 17.8. The van der Waals surface area contributed by atoms with E-state index in [1.165, 1.54) is 0 Å². The number of rotatable bonds is 3. The van der Waals surface area contributed by atoms with Gasteiger partial charge in [-0.1, -0.05) is 0 Å². The number of hydrogen-bond donors (Lipinski definition) is 2. The third-order valence-electron chi connectivity index (χ3n) is 1.88. The lowest BCUT2D eigenvalue weighted by Crippen LogP contribution is -2.34. The van der Waals surface area contributed by atoms with Crippen molar-refractivity contribution in [1.29, 1.82) is 0 Å². The molecule has 0 aromatic rings. The molecule has 0 aliphatic carbocycles. The van der Waals surface area contributed by atoms with Gasteiger partial charge in [-0.05, 0) is 6.42 Å². The van der Waals surface area contributed by atoms with Gasteiger partial charge in [0.1, 0.15) is 0 Å². The van der Waals surface area contributed by atoms with Gasteiger partial charge >= 0.3 is 11.9 Å². The van der Waals surface area contributed by atoms with E-state index in [9.17, 15) is 14.7 Å². The average Bonchev–Trinajstić information content (AvgIpc) is 2.30. The highest BCUT2D eigenvalue weighted by molar-refractivity contribution is 5.81. The summed E-state index contributed by atoms with van der Waals surface area (Å²) < 4.78 is 4.52. The molecule has 1 saturated heterocycles. The van der Waals surface area contributed by atoms with Crippen molar-refractivity contribution < 1.29 is 24.5 Å². The first kappa shape index (κ1) is 8.99. The molecule has 0 radical (unpaired) electrons. The van der Waals surface area contributed by atoms with E-state index in [4.69, 9.17) is 5.11 Å². The van der Waals surface area contributed by atoms with E-state index in [2.05, 4.69) is 4.74 Å². The van der Waals surface area contributed by atoms with E-state index in [0.717, 1.165) is 0 Å². The van der Waals surface area contributed by atoms with Crippen LogP contribution in [-0.4, -0.2) is 34.4 Å². The molecule has 1 unspecified atom stereocenters. The Morgan fingerprint density at radius 1 is 1.67 bits per heavy atom. The summed E-state index contributed by atoms with van der Waals surface area (Å²) in [6.45, 7) is 0.176. The Morgan fingerprint density at radius 2 is 2.33 bits per heavy atom. The summed E-state index contributed by atoms with van der Waals surface area (Å²) in [6.07, 6.45) is -0.0914. The minimum atomic E-state index is -1.56. The van der Waals surface area contributed by atoms with Gasteiger partial charge in [0.15, 0.2) is 5.60 Å². The third-order valence-corrected chi connectivity index (χ3v) is 1.88. The van der Waals surface area contributed by atoms with Crippen LogP contribution in [0.2, 0.25) is 0 Å². The topological polar surface area (TPSA) is 83.8 Å². The number of esters is 1. The Hall–Kier alpha value is -1.10. The van der Waals surface area contributed by atoms with Gasteiger partial charge in [-0.3, -0.25) is 4.79 Å². The molecule has 68 valence electrons. The largest absolute Gasteiger partial charge is 0.481 e. The summed E-state index contributed by atoms with van der Waals surface area (Å²) in [6, 6.07) is 0. The van der Waals surface area contributed by atoms with E-state index in [-0.39, 0.29) is 25.9 Å². The first-order valence-corrected chi connectivity index (χ1v) is 3.66. The Morgan fingerprint density at radius 3 is 2.75 bits per heavy atom. The molecular weight excluding hydrogens is 164 g/mol. The van der Waals surface area contributed by atoms with Crippen LogP contribution in [0.1, 0.15) is 19.3 Å². The van der Waals surface area contributed by atoms with E-state index in [1.54, 1.807) is 0 Å². The molecular formula is C7H10O5. The summed E-state index contributed by atoms with van der Waals surface area (Å²) in [5.74, 6) is -1.73. The minimum Gasteiger partial charge on any atom is -0.481 e. The molecule has 0 saturated carbocycles. The van der Waals surface area contributed by atoms with Crippen molar-refractivity contribution in [2.75, 3.05) is 6.61 Å². The number of carboxylic acids is 1. The Labute approximate surface area is 68.9 Å². The average molecular weight is 174 g/mol. The van der Waals surface area contributed by atoms with Crippen LogP contribution in [0.15, 0.2) is 0 Å². The normalized spacial score (nSPS) is 28.6. The molecule has 12 heavy (non-hydrogen) atoms. The maximum Gasteiger partial charge on any atom is 0.338 e. The minimum absolute atomic E-state index is 0.0683. The number of aliphatic carboxylic acids is 1. The number of carbonyl (C=O) groups is 2. The van der Waals surface area contributed by atoms with Crippen molar-refractivity contribution in [2.45, 2.75) is 24.9 Å². The molecule has 1 aliphatic rings. The lowest BCUT2D eigenvalue weighted by molar-refractivity contribution is -0.154. The van der Waals surface area contributed by atoms with E-state index >= 15 is 0 Å². The highest BCUT2D eigenvalue weighted by Crippen LogP contribution is 2.24. The van der Waals surface area contributed by atoms with Crippen LogP contribution in [0.25, 0.3) is 0 Å². The maximum absolute atomic E-state index is 10.8. The second kappa shape index (κ2) is 3.10. The zero-order valence-corrected chi connectivity index (χ0v) is 6.45. The maximum atomic E-state index is 10.8. The van der Waals surface area contributed by atoms with Crippen LogP contribution in [0, 0.1) is 0 Å². The predicted molar refractivity (Wildman–Crippen MR) is 37.4 cm³/mol. The van der Waals surface area contributed by atoms with E-state index in [1.807, 2.05) is 0 Å². The van der Waals surface area contributed by atoms with Gasteiger partial charge in [-0.15, -0.1) is 0 Å². The summed E-state index contributed by atoms with van der Waals surface area (Å²) in [4.78, 5) is 21.0. The van der Waals surface area contributed by atoms with Gasteiger partial charge in [0, 0.05) is 12.8 Å². The molecule has 1 heterocycles. The molecule has 5 heteroatoms. The zero-order valence-electron chi connectivity index (χ0n) is 6.45. The molecule has 0 amide bonds. The fourth-order valence-electron chi connectivity index (χ4n) is 1.09. The van der Waals surface area contributed by atoms with Gasteiger partial charge in [0.05, 0.1) is 6.61 Å². The van der Waals surface area contributed by atoms with Gasteiger partial charge in [0.25, 0.3) is 0 Å². The quantitative estimate of drug-likeness (QED) is 0.565. The molecule has 5 nitrogen and oxygen atoms in total. The van der Waals surface area contributed by atoms with Gasteiger partial charge in [-0.2, -0.15) is 0 Å². The second-order valence-corrected chi connectivity index (χ2v) is 2.81. The molecule has 1 rings (SSSR count). The third kappa shape index (κ3) is 1.73. The number of cyclic esters (lactones) is 1. The number of aliphatic hydroxyl groups is 1. The first-order valence-electron chi connectivity index (χ1n) is 3.66. The van der Waals surface area contributed by atoms with Crippen LogP contribution in [0.3, 0.4) is 0 Å². The number of carbonyl (C=O) groups excluding carboxylic acids is 1. The standard InChI is InChI=1S/C7H10O5/c8-5(9)1-2-7(11)3-4-12-6(7)10/h11H,1-4H2,(H,8,9). The first-order chi connectivity index (χ1) is 5.54. The SMILES string of the molecule is O=C(O)CCC1(O)CCOC1=O. The molecule has 0 aromatic heterocycles. The van der Waals surface area contributed by atoms with Crippen LogP contribution in [0.4, 0.5) is 0 Å². The molecule has 0 bridgehead atoms. The van der Waals surface area contributed by atoms with Crippen molar-refractivity contribution in [2.24, 2.45) is 0 Å². The molecule has 2 N–H and O–H groups in total. The lowest BCUT2D eigenvalue weighted by Gasteiger charge is -2.15. The number of carboxylic acid groups (broad SMARTS) is 1. The molecule has 1 aliphatic heterocycles. The van der Waals surface area contributed by atoms with Crippen molar-refractivity contribution in [3.05, 3.63) is 0 Å². The monoisotopic (exact) mass is 174 g/mol. The fraction of sp³-hybridized carbons (Fsp3) is 0.714. The van der Waals surface area contributed by atoms with Gasteiger partial charge in [0.2, 0.25) is 0 Å². The number of ether oxygens (including phenoxy) is 1. The van der Waals surface area contributed by atoms with Crippen molar-refractivity contribution in [3.63, 3.8) is 0 Å². The van der Waals surface area contributed by atoms with Crippen LogP contribution >= 0.6 is 0 Å². The van der Waals surface area contributed by atoms with Crippen LogP contribution in [-0.2, 0) is 14.3 Å². The Balaban J connectivity index is 2.48. The van der Waals surface area contributed by atoms with Crippen LogP contribution in [0.5, 0.6) is 0 Å². The van der Waals surface area contributed by atoms with Crippen molar-refractivity contribution >= 4 is 11.9 Å². The number of hydrogen-bond acceptors (Lipinski definition) is 4. The molecule has 1 atom stereocenters. The van der Waals surface area contributed by atoms with E-state index < -0.39 is 17.5 Å². The molecule has 1 fully saturated rings. The summed E-state index contributed by atoms with van der Waals surface area (Å²) in [7, 11) is 0. The summed E-state index contributed by atoms with van der Waals surface area (Å²) >= 11 is 0. The second-order valence-electron chi connectivity index (χ2n) is 2.81. The van der Waals surface area contributed by atoms with Crippen molar-refractivity contribution in [1.82, 2.24) is 0 Å². The highest BCUT2D eigenvalue weighted by Gasteiger charge is 2.42. The smallest absolute Gasteiger partial charge is 0.338 e. The highest BCUT2D eigenvalue weighted by atomic mass is 16.6. The van der Waals surface area contributed by atoms with Gasteiger partial charge in [-0.25, -0.2) is 4.79 Å². The Kier molecular flexibility index (Phi) is 2.32. The van der Waals surface area contributed by atoms with Crippen LogP contribution < -0.4 is 0 Å². The van der Waals surface area contributed by atoms with Gasteiger partial charge < -0.3 is 14.9 Å². The lowest BCUT2D eigenvalue weighted by atomic mass is 9.96. The molecule has 0 spiro atoms. The Bertz CT molecular complexity index is 212. The van der Waals surface area contributed by atoms with Crippen molar-refractivity contribution in [3.8, 4) is 0 Å². The summed E-state index contributed by atoms with van der Waals surface area (Å²) in [5.41, 5.74) is -1.56. The fourth-order valence-corrected chi connectivity index (χ4v) is 1.09. The predicted octanol–water partition coefficient (Wildman–Crippen LogP) is -0.471. The zero-order chi connectivity index (χ0) is 9.19. The van der Waals surface area contributed by atoms with E-state index in [0.29, 0.717) is 0 Å².